The molecule has 118 valence electrons. The Morgan fingerprint density at radius 1 is 1.43 bits per heavy atom. The zero-order valence-corrected chi connectivity index (χ0v) is 13.9. The van der Waals surface area contributed by atoms with E-state index in [2.05, 4.69) is 4.72 Å². The van der Waals surface area contributed by atoms with Gasteiger partial charge in [-0.2, -0.15) is 0 Å². The van der Waals surface area contributed by atoms with Crippen molar-refractivity contribution in [3.8, 4) is 0 Å². The molecule has 2 rings (SSSR count). The number of sulfone groups is 1. The Morgan fingerprint density at radius 3 is 2.67 bits per heavy atom. The van der Waals surface area contributed by atoms with Gasteiger partial charge in [-0.05, 0) is 37.0 Å². The van der Waals surface area contributed by atoms with Gasteiger partial charge in [-0.25, -0.2) is 21.6 Å². The first kappa shape index (κ1) is 16.5. The first-order chi connectivity index (χ1) is 9.61. The van der Waals surface area contributed by atoms with Crippen LogP contribution in [0.5, 0.6) is 0 Å². The average molecular weight is 353 g/mol. The standard InChI is InChI=1S/C12H17ClN2O4S2/c1-8-4-10(13)12(5-11(8)14)21(18,19)15-6-9-2-3-20(16,17)7-9/h4-5,9,15H,2-3,6-7,14H2,1H3. The third kappa shape index (κ3) is 3.88. The lowest BCUT2D eigenvalue weighted by atomic mass is 10.1. The maximum Gasteiger partial charge on any atom is 0.242 e. The van der Waals surface area contributed by atoms with Gasteiger partial charge in [0.05, 0.1) is 16.5 Å². The molecule has 1 fully saturated rings. The molecule has 0 saturated carbocycles. The molecular formula is C12H17ClN2O4S2. The summed E-state index contributed by atoms with van der Waals surface area (Å²) in [5.41, 5.74) is 6.74. The van der Waals surface area contributed by atoms with Gasteiger partial charge in [-0.15, -0.1) is 0 Å². The van der Waals surface area contributed by atoms with Crippen LogP contribution in [0.3, 0.4) is 0 Å². The van der Waals surface area contributed by atoms with Crippen molar-refractivity contribution in [3.63, 3.8) is 0 Å². The molecular weight excluding hydrogens is 336 g/mol. The highest BCUT2D eigenvalue weighted by Crippen LogP contribution is 2.27. The van der Waals surface area contributed by atoms with Gasteiger partial charge < -0.3 is 5.73 Å². The normalized spacial score (nSPS) is 21.5. The van der Waals surface area contributed by atoms with Crippen molar-refractivity contribution >= 4 is 37.1 Å². The number of hydrogen-bond acceptors (Lipinski definition) is 5. The molecule has 0 aromatic heterocycles. The summed E-state index contributed by atoms with van der Waals surface area (Å²) in [4.78, 5) is -0.0897. The largest absolute Gasteiger partial charge is 0.398 e. The van der Waals surface area contributed by atoms with Crippen LogP contribution in [0.2, 0.25) is 5.02 Å². The van der Waals surface area contributed by atoms with E-state index >= 15 is 0 Å². The number of aryl methyl sites for hydroxylation is 1. The van der Waals surface area contributed by atoms with Gasteiger partial charge in [-0.1, -0.05) is 11.6 Å². The second kappa shape index (κ2) is 5.75. The van der Waals surface area contributed by atoms with Crippen LogP contribution >= 0.6 is 11.6 Å². The van der Waals surface area contributed by atoms with Crippen LogP contribution in [-0.2, 0) is 19.9 Å². The minimum Gasteiger partial charge on any atom is -0.398 e. The predicted octanol–water partition coefficient (Wildman–Crippen LogP) is 0.944. The first-order valence-electron chi connectivity index (χ1n) is 6.36. The molecule has 1 heterocycles. The number of anilines is 1. The van der Waals surface area contributed by atoms with Crippen molar-refractivity contribution in [1.82, 2.24) is 4.72 Å². The Kier molecular flexibility index (Phi) is 4.53. The Bertz CT molecular complexity index is 760. The van der Waals surface area contributed by atoms with Crippen LogP contribution in [0.4, 0.5) is 5.69 Å². The molecule has 1 atom stereocenters. The van der Waals surface area contributed by atoms with Crippen molar-refractivity contribution in [3.05, 3.63) is 22.7 Å². The summed E-state index contributed by atoms with van der Waals surface area (Å²) in [6.07, 6.45) is 0.467. The minimum atomic E-state index is -3.81. The molecule has 1 aliphatic heterocycles. The van der Waals surface area contributed by atoms with E-state index in [0.29, 0.717) is 17.7 Å². The molecule has 0 aliphatic carbocycles. The summed E-state index contributed by atoms with van der Waals surface area (Å²) in [6.45, 7) is 1.81. The van der Waals surface area contributed by atoms with E-state index in [9.17, 15) is 16.8 Å². The van der Waals surface area contributed by atoms with Crippen LogP contribution in [-0.4, -0.2) is 34.9 Å². The van der Waals surface area contributed by atoms with Gasteiger partial charge in [0.2, 0.25) is 10.0 Å². The summed E-state index contributed by atoms with van der Waals surface area (Å²) < 4.78 is 49.6. The van der Waals surface area contributed by atoms with Crippen molar-refractivity contribution in [2.24, 2.45) is 5.92 Å². The van der Waals surface area contributed by atoms with E-state index in [1.54, 1.807) is 6.92 Å². The fourth-order valence-corrected chi connectivity index (χ4v) is 5.81. The molecule has 9 heteroatoms. The van der Waals surface area contributed by atoms with Gasteiger partial charge in [0.1, 0.15) is 4.90 Å². The van der Waals surface area contributed by atoms with E-state index < -0.39 is 19.9 Å². The lowest BCUT2D eigenvalue weighted by molar-refractivity contribution is 0.543. The summed E-state index contributed by atoms with van der Waals surface area (Å²) in [5.74, 6) is -0.0805. The quantitative estimate of drug-likeness (QED) is 0.784. The molecule has 1 saturated heterocycles. The van der Waals surface area contributed by atoms with E-state index in [1.165, 1.54) is 12.1 Å². The monoisotopic (exact) mass is 352 g/mol. The summed E-state index contributed by atoms with van der Waals surface area (Å²) in [7, 11) is -6.84. The van der Waals surface area contributed by atoms with Crippen molar-refractivity contribution in [2.75, 3.05) is 23.8 Å². The first-order valence-corrected chi connectivity index (χ1v) is 10.0. The molecule has 0 amide bonds. The Labute approximate surface area is 129 Å². The molecule has 0 radical (unpaired) electrons. The Hall–Kier alpha value is -0.830. The summed E-state index contributed by atoms with van der Waals surface area (Å²) >= 11 is 5.96. The van der Waals surface area contributed by atoms with Gasteiger partial charge >= 0.3 is 0 Å². The smallest absolute Gasteiger partial charge is 0.242 e. The van der Waals surface area contributed by atoms with Gasteiger partial charge in [0.15, 0.2) is 9.84 Å². The second-order valence-electron chi connectivity index (χ2n) is 5.26. The number of nitrogen functional groups attached to an aromatic ring is 1. The highest BCUT2D eigenvalue weighted by molar-refractivity contribution is 7.91. The molecule has 6 nitrogen and oxygen atoms in total. The lowest BCUT2D eigenvalue weighted by Gasteiger charge is -2.13. The summed E-state index contributed by atoms with van der Waals surface area (Å²) in [5, 5.41) is 0.0910. The molecule has 0 bridgehead atoms. The van der Waals surface area contributed by atoms with Crippen LogP contribution in [0.1, 0.15) is 12.0 Å². The molecule has 1 unspecified atom stereocenters. The molecule has 0 spiro atoms. The molecule has 3 N–H and O–H groups in total. The maximum atomic E-state index is 12.2. The van der Waals surface area contributed by atoms with E-state index in [1.807, 2.05) is 0 Å². The van der Waals surface area contributed by atoms with Crippen molar-refractivity contribution in [1.29, 1.82) is 0 Å². The zero-order valence-electron chi connectivity index (χ0n) is 11.5. The van der Waals surface area contributed by atoms with E-state index in [-0.39, 0.29) is 33.9 Å². The Balaban J connectivity index is 2.14. The average Bonchev–Trinajstić information content (AvgIpc) is 2.71. The SMILES string of the molecule is Cc1cc(Cl)c(S(=O)(=O)NCC2CCS(=O)(=O)C2)cc1N. The fraction of sp³-hybridized carbons (Fsp3) is 0.500. The number of nitrogens with one attached hydrogen (secondary N) is 1. The topological polar surface area (TPSA) is 106 Å². The highest BCUT2D eigenvalue weighted by Gasteiger charge is 2.29. The highest BCUT2D eigenvalue weighted by atomic mass is 35.5. The van der Waals surface area contributed by atoms with Gasteiger partial charge in [-0.3, -0.25) is 0 Å². The molecule has 1 aliphatic rings. The number of halogens is 1. The minimum absolute atomic E-state index is 0.0132. The lowest BCUT2D eigenvalue weighted by Crippen LogP contribution is -2.30. The zero-order chi connectivity index (χ0) is 15.8. The van der Waals surface area contributed by atoms with Crippen molar-refractivity contribution < 1.29 is 16.8 Å². The molecule has 1 aromatic rings. The maximum absolute atomic E-state index is 12.2. The van der Waals surface area contributed by atoms with Crippen LogP contribution in [0.25, 0.3) is 0 Å². The third-order valence-corrected chi connectivity index (χ3v) is 7.22. The van der Waals surface area contributed by atoms with Crippen LogP contribution in [0, 0.1) is 12.8 Å². The van der Waals surface area contributed by atoms with Crippen molar-refractivity contribution in [2.45, 2.75) is 18.2 Å². The summed E-state index contributed by atoms with van der Waals surface area (Å²) in [6, 6.07) is 2.80. The fourth-order valence-electron chi connectivity index (χ4n) is 2.21. The van der Waals surface area contributed by atoms with Crippen LogP contribution < -0.4 is 10.5 Å². The van der Waals surface area contributed by atoms with Crippen LogP contribution in [0.15, 0.2) is 17.0 Å². The van der Waals surface area contributed by atoms with Gasteiger partial charge in [0.25, 0.3) is 0 Å². The van der Waals surface area contributed by atoms with E-state index in [0.717, 1.165) is 0 Å². The number of benzene rings is 1. The molecule has 1 aromatic carbocycles. The third-order valence-electron chi connectivity index (χ3n) is 3.50. The Morgan fingerprint density at radius 2 is 2.10 bits per heavy atom. The molecule has 21 heavy (non-hydrogen) atoms. The second-order valence-corrected chi connectivity index (χ2v) is 9.63. The number of hydrogen-bond donors (Lipinski definition) is 2. The number of nitrogens with two attached hydrogens (primary N) is 1. The van der Waals surface area contributed by atoms with E-state index in [4.69, 9.17) is 17.3 Å². The van der Waals surface area contributed by atoms with Gasteiger partial charge in [0, 0.05) is 12.2 Å². The number of rotatable bonds is 4. The predicted molar refractivity (Wildman–Crippen MR) is 82.6 cm³/mol. The number of sulfonamides is 1.